The van der Waals surface area contributed by atoms with Gasteiger partial charge < -0.3 is 24.5 Å². The molecule has 0 saturated carbocycles. The zero-order chi connectivity index (χ0) is 24.4. The van der Waals surface area contributed by atoms with Crippen molar-refractivity contribution >= 4 is 40.3 Å². The molecule has 5 rings (SSSR count). The maximum atomic E-state index is 13.1. The average Bonchev–Trinajstić information content (AvgIpc) is 3.55. The predicted molar refractivity (Wildman–Crippen MR) is 135 cm³/mol. The van der Waals surface area contributed by atoms with Crippen molar-refractivity contribution in [3.63, 3.8) is 0 Å². The van der Waals surface area contributed by atoms with Crippen LogP contribution < -0.4 is 10.6 Å². The van der Waals surface area contributed by atoms with Gasteiger partial charge in [-0.15, -0.1) is 0 Å². The molecule has 3 heterocycles. The third kappa shape index (κ3) is 4.80. The molecule has 0 bridgehead atoms. The van der Waals surface area contributed by atoms with E-state index in [1.54, 1.807) is 31.0 Å². The molecule has 10 heteroatoms. The zero-order valence-corrected chi connectivity index (χ0v) is 20.4. The van der Waals surface area contributed by atoms with Crippen molar-refractivity contribution < 1.29 is 14.3 Å². The lowest BCUT2D eigenvalue weighted by molar-refractivity contribution is -0.117. The van der Waals surface area contributed by atoms with Crippen molar-refractivity contribution in [2.45, 2.75) is 24.7 Å². The van der Waals surface area contributed by atoms with Crippen LogP contribution in [0, 0.1) is 0 Å². The summed E-state index contributed by atoms with van der Waals surface area (Å²) in [6.45, 7) is 1.57. The number of hydrogen-bond donors (Lipinski definition) is 2. The number of anilines is 1. The van der Waals surface area contributed by atoms with Crippen molar-refractivity contribution in [3.05, 3.63) is 59.9 Å². The van der Waals surface area contributed by atoms with Gasteiger partial charge in [-0.1, -0.05) is 42.1 Å². The molecule has 0 aliphatic carbocycles. The van der Waals surface area contributed by atoms with E-state index in [2.05, 4.69) is 20.2 Å². The molecule has 180 valence electrons. The summed E-state index contributed by atoms with van der Waals surface area (Å²) in [6, 6.07) is 13.3. The first-order valence-corrected chi connectivity index (χ1v) is 12.3. The summed E-state index contributed by atoms with van der Waals surface area (Å²) in [6.07, 6.45) is 2.19. The standard InChI is InChI=1S/C25H26N6O3S/c1-30-22-19(28-21(32)8-10-34-2)12-17(13-20(22)29-23(30)16-6-4-3-5-7-16)24(33)26-14-18-15-31-9-11-35-25(31)27-18/h3-7,12-13,15H,8-11,14H2,1-2H3,(H,26,33)(H,28,32). The van der Waals surface area contributed by atoms with Gasteiger partial charge in [0.05, 0.1) is 42.0 Å². The first-order chi connectivity index (χ1) is 17.0. The molecule has 0 spiro atoms. The minimum Gasteiger partial charge on any atom is -0.384 e. The first kappa shape index (κ1) is 23.1. The lowest BCUT2D eigenvalue weighted by atomic mass is 10.1. The van der Waals surface area contributed by atoms with Crippen molar-refractivity contribution in [2.75, 3.05) is 24.8 Å². The number of aromatic nitrogens is 4. The summed E-state index contributed by atoms with van der Waals surface area (Å²) in [7, 11) is 3.45. The van der Waals surface area contributed by atoms with E-state index in [1.165, 1.54) is 0 Å². The van der Waals surface area contributed by atoms with Crippen LogP contribution in [0.4, 0.5) is 5.69 Å². The Hall–Kier alpha value is -3.63. The largest absolute Gasteiger partial charge is 0.384 e. The third-order valence-electron chi connectivity index (χ3n) is 5.85. The van der Waals surface area contributed by atoms with Crippen LogP contribution >= 0.6 is 11.8 Å². The molecule has 0 radical (unpaired) electrons. The third-order valence-corrected chi connectivity index (χ3v) is 6.82. The highest BCUT2D eigenvalue weighted by Crippen LogP contribution is 2.30. The van der Waals surface area contributed by atoms with Crippen LogP contribution in [-0.4, -0.2) is 50.4 Å². The number of methoxy groups -OCH3 is 1. The van der Waals surface area contributed by atoms with Gasteiger partial charge in [-0.05, 0) is 12.1 Å². The predicted octanol–water partition coefficient (Wildman–Crippen LogP) is 3.45. The molecule has 0 atom stereocenters. The number of thioether (sulfide) groups is 1. The summed E-state index contributed by atoms with van der Waals surface area (Å²) in [5, 5.41) is 6.87. The number of nitrogens with one attached hydrogen (secondary N) is 2. The lowest BCUT2D eigenvalue weighted by Gasteiger charge is -2.11. The Labute approximate surface area is 206 Å². The van der Waals surface area contributed by atoms with E-state index < -0.39 is 0 Å². The van der Waals surface area contributed by atoms with E-state index in [0.717, 1.165) is 40.1 Å². The Morgan fingerprint density at radius 1 is 1.17 bits per heavy atom. The summed E-state index contributed by atoms with van der Waals surface area (Å²) < 4.78 is 9.07. The van der Waals surface area contributed by atoms with Crippen LogP contribution in [0.2, 0.25) is 0 Å². The van der Waals surface area contributed by atoms with Crippen LogP contribution in [0.5, 0.6) is 0 Å². The molecule has 35 heavy (non-hydrogen) atoms. The number of ether oxygens (including phenoxy) is 1. The molecule has 4 aromatic rings. The fourth-order valence-electron chi connectivity index (χ4n) is 4.15. The molecule has 1 aliphatic heterocycles. The van der Waals surface area contributed by atoms with Gasteiger partial charge in [0.15, 0.2) is 5.16 Å². The fraction of sp³-hybridized carbons (Fsp3) is 0.280. The number of imidazole rings is 2. The molecular formula is C25H26N6O3S. The van der Waals surface area contributed by atoms with E-state index in [1.807, 2.05) is 48.1 Å². The number of aryl methyl sites for hydroxylation is 2. The number of amides is 2. The van der Waals surface area contributed by atoms with Gasteiger partial charge in [-0.25, -0.2) is 9.97 Å². The van der Waals surface area contributed by atoms with Crippen LogP contribution in [0.15, 0.2) is 53.8 Å². The highest BCUT2D eigenvalue weighted by molar-refractivity contribution is 7.99. The number of rotatable bonds is 8. The SMILES string of the molecule is COCCC(=O)Nc1cc(C(=O)NCc2cn3c(n2)SCC3)cc2nc(-c3ccccc3)n(C)c12. The topological polar surface area (TPSA) is 103 Å². The highest BCUT2D eigenvalue weighted by atomic mass is 32.2. The maximum absolute atomic E-state index is 13.1. The molecule has 0 fully saturated rings. The second kappa shape index (κ2) is 9.93. The molecule has 1 aliphatic rings. The molecule has 2 amide bonds. The van der Waals surface area contributed by atoms with E-state index in [0.29, 0.717) is 29.9 Å². The van der Waals surface area contributed by atoms with E-state index in [9.17, 15) is 9.59 Å². The smallest absolute Gasteiger partial charge is 0.251 e. The van der Waals surface area contributed by atoms with Crippen LogP contribution in [-0.2, 0) is 29.7 Å². The van der Waals surface area contributed by atoms with E-state index in [4.69, 9.17) is 9.72 Å². The van der Waals surface area contributed by atoms with Gasteiger partial charge in [0.2, 0.25) is 5.91 Å². The molecule has 0 unspecified atom stereocenters. The summed E-state index contributed by atoms with van der Waals surface area (Å²) in [5.74, 6) is 1.32. The van der Waals surface area contributed by atoms with Crippen molar-refractivity contribution in [2.24, 2.45) is 7.05 Å². The molecule has 0 saturated heterocycles. The normalized spacial score (nSPS) is 12.6. The monoisotopic (exact) mass is 490 g/mol. The summed E-state index contributed by atoms with van der Waals surface area (Å²) in [5.41, 5.74) is 4.08. The Morgan fingerprint density at radius 3 is 2.77 bits per heavy atom. The van der Waals surface area contributed by atoms with Gasteiger partial charge in [-0.2, -0.15) is 0 Å². The molecule has 2 N–H and O–H groups in total. The molecule has 2 aromatic carbocycles. The Balaban J connectivity index is 1.46. The van der Waals surface area contributed by atoms with Gasteiger partial charge in [0.25, 0.3) is 5.91 Å². The number of hydrogen-bond acceptors (Lipinski definition) is 6. The number of carbonyl (C=O) groups excluding carboxylic acids is 2. The lowest BCUT2D eigenvalue weighted by Crippen LogP contribution is -2.23. The highest BCUT2D eigenvalue weighted by Gasteiger charge is 2.19. The van der Waals surface area contributed by atoms with Crippen LogP contribution in [0.3, 0.4) is 0 Å². The Bertz CT molecular complexity index is 1370. The summed E-state index contributed by atoms with van der Waals surface area (Å²) in [4.78, 5) is 35.0. The number of benzene rings is 2. The second-order valence-corrected chi connectivity index (χ2v) is 9.34. The number of fused-ring (bicyclic) bond motifs is 2. The average molecular weight is 491 g/mol. The quantitative estimate of drug-likeness (QED) is 0.392. The van der Waals surface area contributed by atoms with Gasteiger partial charge in [-0.3, -0.25) is 9.59 Å². The maximum Gasteiger partial charge on any atom is 0.251 e. The van der Waals surface area contributed by atoms with Gasteiger partial charge >= 0.3 is 0 Å². The Kier molecular flexibility index (Phi) is 6.56. The number of carbonyl (C=O) groups is 2. The minimum absolute atomic E-state index is 0.196. The van der Waals surface area contributed by atoms with Crippen LogP contribution in [0.25, 0.3) is 22.4 Å². The number of nitrogens with zero attached hydrogens (tertiary/aromatic N) is 4. The van der Waals surface area contributed by atoms with Crippen molar-refractivity contribution in [1.29, 1.82) is 0 Å². The van der Waals surface area contributed by atoms with Crippen LogP contribution in [0.1, 0.15) is 22.5 Å². The molecule has 2 aromatic heterocycles. The van der Waals surface area contributed by atoms with Gasteiger partial charge in [0, 0.05) is 43.8 Å². The Morgan fingerprint density at radius 2 is 2.00 bits per heavy atom. The van der Waals surface area contributed by atoms with Crippen molar-refractivity contribution in [3.8, 4) is 11.4 Å². The summed E-state index contributed by atoms with van der Waals surface area (Å²) >= 11 is 1.72. The van der Waals surface area contributed by atoms with E-state index >= 15 is 0 Å². The zero-order valence-electron chi connectivity index (χ0n) is 19.6. The minimum atomic E-state index is -0.257. The first-order valence-electron chi connectivity index (χ1n) is 11.3. The fourth-order valence-corrected chi connectivity index (χ4v) is 5.11. The second-order valence-electron chi connectivity index (χ2n) is 8.28. The van der Waals surface area contributed by atoms with Gasteiger partial charge in [0.1, 0.15) is 5.82 Å². The van der Waals surface area contributed by atoms with E-state index in [-0.39, 0.29) is 18.2 Å². The van der Waals surface area contributed by atoms with Crippen molar-refractivity contribution in [1.82, 2.24) is 24.4 Å². The molecule has 9 nitrogen and oxygen atoms in total. The molecular weight excluding hydrogens is 464 g/mol.